The second kappa shape index (κ2) is 5.06. The van der Waals surface area contributed by atoms with E-state index < -0.39 is 12.0 Å². The molecule has 1 saturated heterocycles. The van der Waals surface area contributed by atoms with Gasteiger partial charge in [-0.3, -0.25) is 4.79 Å². The van der Waals surface area contributed by atoms with Gasteiger partial charge in [-0.15, -0.1) is 11.3 Å². The van der Waals surface area contributed by atoms with Gasteiger partial charge in [-0.1, -0.05) is 11.6 Å². The first-order valence-electron chi connectivity index (χ1n) is 5.38. The van der Waals surface area contributed by atoms with Crippen molar-refractivity contribution in [1.29, 1.82) is 0 Å². The van der Waals surface area contributed by atoms with Crippen LogP contribution in [0.25, 0.3) is 0 Å². The van der Waals surface area contributed by atoms with Crippen molar-refractivity contribution in [2.75, 3.05) is 6.54 Å². The van der Waals surface area contributed by atoms with E-state index in [2.05, 4.69) is 0 Å². The molecule has 2 rings (SSSR count). The van der Waals surface area contributed by atoms with E-state index in [1.165, 1.54) is 16.2 Å². The Hall–Kier alpha value is -1.07. The zero-order valence-electron chi connectivity index (χ0n) is 9.06. The molecular formula is C11H12ClNO3S. The van der Waals surface area contributed by atoms with Crippen molar-refractivity contribution in [2.24, 2.45) is 0 Å². The number of carbonyl (C=O) groups excluding carboxylic acids is 1. The molecule has 1 aliphatic rings. The molecule has 92 valence electrons. The second-order valence-electron chi connectivity index (χ2n) is 3.95. The van der Waals surface area contributed by atoms with Crippen molar-refractivity contribution in [2.45, 2.75) is 25.3 Å². The van der Waals surface area contributed by atoms with Gasteiger partial charge in [0.15, 0.2) is 0 Å². The lowest BCUT2D eigenvalue weighted by Crippen LogP contribution is -2.47. The molecule has 1 atom stereocenters. The quantitative estimate of drug-likeness (QED) is 0.901. The fraction of sp³-hybridized carbons (Fsp3) is 0.455. The van der Waals surface area contributed by atoms with Crippen LogP contribution in [0.4, 0.5) is 0 Å². The average Bonchev–Trinajstić information content (AvgIpc) is 2.75. The molecule has 6 heteroatoms. The molecule has 0 aliphatic carbocycles. The average molecular weight is 274 g/mol. The summed E-state index contributed by atoms with van der Waals surface area (Å²) in [7, 11) is 0. The lowest BCUT2D eigenvalue weighted by atomic mass is 10.0. The monoisotopic (exact) mass is 273 g/mol. The predicted octanol–water partition coefficient (Wildman–Crippen LogP) is 2.48. The highest BCUT2D eigenvalue weighted by Crippen LogP contribution is 2.26. The van der Waals surface area contributed by atoms with E-state index in [0.29, 0.717) is 22.2 Å². The number of nitrogens with zero attached hydrogens (tertiary/aromatic N) is 1. The largest absolute Gasteiger partial charge is 0.480 e. The van der Waals surface area contributed by atoms with Crippen molar-refractivity contribution in [1.82, 2.24) is 4.90 Å². The Labute approximate surface area is 108 Å². The lowest BCUT2D eigenvalue weighted by Gasteiger charge is -2.32. The summed E-state index contributed by atoms with van der Waals surface area (Å²) in [6, 6.07) is 2.60. The number of piperidine rings is 1. The number of carboxylic acids is 1. The Bertz CT molecular complexity index is 446. The maximum absolute atomic E-state index is 12.1. The molecule has 4 nitrogen and oxygen atoms in total. The van der Waals surface area contributed by atoms with Crippen LogP contribution in [-0.2, 0) is 4.79 Å². The van der Waals surface area contributed by atoms with Crippen LogP contribution >= 0.6 is 22.9 Å². The predicted molar refractivity (Wildman–Crippen MR) is 65.6 cm³/mol. The zero-order valence-corrected chi connectivity index (χ0v) is 10.6. The summed E-state index contributed by atoms with van der Waals surface area (Å²) in [4.78, 5) is 25.2. The number of hydrogen-bond donors (Lipinski definition) is 1. The van der Waals surface area contributed by atoms with Crippen LogP contribution in [0.3, 0.4) is 0 Å². The van der Waals surface area contributed by atoms with Crippen LogP contribution in [0, 0.1) is 0 Å². The topological polar surface area (TPSA) is 57.6 Å². The van der Waals surface area contributed by atoms with Gasteiger partial charge in [0.05, 0.1) is 9.21 Å². The minimum absolute atomic E-state index is 0.228. The highest BCUT2D eigenvalue weighted by molar-refractivity contribution is 7.17. The van der Waals surface area contributed by atoms with Crippen molar-refractivity contribution < 1.29 is 14.7 Å². The summed E-state index contributed by atoms with van der Waals surface area (Å²) < 4.78 is 0.539. The highest BCUT2D eigenvalue weighted by atomic mass is 35.5. The summed E-state index contributed by atoms with van der Waals surface area (Å²) in [5.41, 5.74) is 0. The number of halogens is 1. The molecule has 0 bridgehead atoms. The van der Waals surface area contributed by atoms with Crippen LogP contribution < -0.4 is 0 Å². The first-order valence-corrected chi connectivity index (χ1v) is 6.58. The summed E-state index contributed by atoms with van der Waals surface area (Å²) >= 11 is 6.96. The fourth-order valence-electron chi connectivity index (χ4n) is 2.00. The number of carboxylic acid groups (broad SMARTS) is 1. The van der Waals surface area contributed by atoms with Crippen LogP contribution in [0.5, 0.6) is 0 Å². The molecule has 0 spiro atoms. The lowest BCUT2D eigenvalue weighted by molar-refractivity contribution is -0.143. The molecule has 1 aromatic rings. The van der Waals surface area contributed by atoms with Crippen molar-refractivity contribution >= 4 is 34.8 Å². The van der Waals surface area contributed by atoms with E-state index in [9.17, 15) is 9.59 Å². The fourth-order valence-corrected chi connectivity index (χ4v) is 3.00. The molecule has 0 radical (unpaired) electrons. The number of amides is 1. The van der Waals surface area contributed by atoms with Gasteiger partial charge in [0.2, 0.25) is 0 Å². The Balaban J connectivity index is 2.19. The summed E-state index contributed by atoms with van der Waals surface area (Å²) in [6.45, 7) is 0.505. The van der Waals surface area contributed by atoms with Crippen LogP contribution in [0.2, 0.25) is 4.34 Å². The molecule has 1 aliphatic heterocycles. The van der Waals surface area contributed by atoms with Crippen LogP contribution in [0.1, 0.15) is 28.9 Å². The third-order valence-electron chi connectivity index (χ3n) is 2.83. The van der Waals surface area contributed by atoms with E-state index in [4.69, 9.17) is 16.7 Å². The standard InChI is InChI=1S/C11H12ClNO3S/c12-9-5-4-8(17-9)10(14)13-6-2-1-3-7(13)11(15)16/h4-5,7H,1-3,6H2,(H,15,16)/t7-/m0/s1. The number of likely N-dealkylation sites (tertiary alicyclic amines) is 1. The van der Waals surface area contributed by atoms with Crippen LogP contribution in [0.15, 0.2) is 12.1 Å². The maximum atomic E-state index is 12.1. The van der Waals surface area contributed by atoms with E-state index in [1.54, 1.807) is 12.1 Å². The van der Waals surface area contributed by atoms with Gasteiger partial charge in [0, 0.05) is 6.54 Å². The molecule has 0 unspecified atom stereocenters. The van der Waals surface area contributed by atoms with Gasteiger partial charge in [-0.05, 0) is 31.4 Å². The zero-order chi connectivity index (χ0) is 12.4. The van der Waals surface area contributed by atoms with E-state index >= 15 is 0 Å². The minimum atomic E-state index is -0.930. The molecule has 0 aromatic carbocycles. The summed E-state index contributed by atoms with van der Waals surface area (Å²) in [5, 5.41) is 9.09. The molecule has 0 saturated carbocycles. The number of aliphatic carboxylic acids is 1. The highest BCUT2D eigenvalue weighted by Gasteiger charge is 2.32. The maximum Gasteiger partial charge on any atom is 0.326 e. The normalized spacial score (nSPS) is 20.3. The first-order chi connectivity index (χ1) is 8.09. The van der Waals surface area contributed by atoms with Gasteiger partial charge in [0.1, 0.15) is 6.04 Å². The number of thiophene rings is 1. The smallest absolute Gasteiger partial charge is 0.326 e. The van der Waals surface area contributed by atoms with Gasteiger partial charge in [0.25, 0.3) is 5.91 Å². The minimum Gasteiger partial charge on any atom is -0.480 e. The van der Waals surface area contributed by atoms with Gasteiger partial charge >= 0.3 is 5.97 Å². The van der Waals surface area contributed by atoms with Gasteiger partial charge in [-0.2, -0.15) is 0 Å². The molecular weight excluding hydrogens is 262 g/mol. The molecule has 1 N–H and O–H groups in total. The molecule has 1 amide bonds. The summed E-state index contributed by atoms with van der Waals surface area (Å²) in [5.74, 6) is -1.16. The third-order valence-corrected chi connectivity index (χ3v) is 4.05. The number of rotatable bonds is 2. The Kier molecular flexibility index (Phi) is 3.69. The van der Waals surface area contributed by atoms with E-state index in [1.807, 2.05) is 0 Å². The first kappa shape index (κ1) is 12.4. The van der Waals surface area contributed by atoms with Crippen LogP contribution in [-0.4, -0.2) is 34.5 Å². The van der Waals surface area contributed by atoms with Gasteiger partial charge < -0.3 is 10.0 Å². The van der Waals surface area contributed by atoms with Gasteiger partial charge in [-0.25, -0.2) is 4.79 Å². The van der Waals surface area contributed by atoms with Crippen molar-refractivity contribution in [3.05, 3.63) is 21.3 Å². The molecule has 17 heavy (non-hydrogen) atoms. The Morgan fingerprint density at radius 3 is 2.76 bits per heavy atom. The molecule has 1 aromatic heterocycles. The Morgan fingerprint density at radius 2 is 2.18 bits per heavy atom. The number of hydrogen-bond acceptors (Lipinski definition) is 3. The SMILES string of the molecule is O=C(O)[C@@H]1CCCCN1C(=O)c1ccc(Cl)s1. The molecule has 1 fully saturated rings. The van der Waals surface area contributed by atoms with Crippen molar-refractivity contribution in [3.63, 3.8) is 0 Å². The second-order valence-corrected chi connectivity index (χ2v) is 5.67. The van der Waals surface area contributed by atoms with E-state index in [0.717, 1.165) is 12.8 Å². The number of carbonyl (C=O) groups is 2. The van der Waals surface area contributed by atoms with E-state index in [-0.39, 0.29) is 5.91 Å². The third kappa shape index (κ3) is 2.61. The van der Waals surface area contributed by atoms with Crippen molar-refractivity contribution in [3.8, 4) is 0 Å². The Morgan fingerprint density at radius 1 is 1.41 bits per heavy atom. The summed E-state index contributed by atoms with van der Waals surface area (Å²) in [6.07, 6.45) is 2.24. The molecule has 2 heterocycles.